The molecule has 11 heteroatoms. The number of nitrogens with zero attached hydrogens (tertiary/aromatic N) is 3. The second-order valence-electron chi connectivity index (χ2n) is 8.55. The smallest absolute Gasteiger partial charge is 0.264 e. The minimum Gasteiger partial charge on any atom is -0.326 e. The summed E-state index contributed by atoms with van der Waals surface area (Å²) in [6, 6.07) is 20.8. The molecule has 4 aromatic rings. The molecule has 1 atom stereocenters. The predicted molar refractivity (Wildman–Crippen MR) is 144 cm³/mol. The van der Waals surface area contributed by atoms with E-state index in [1.54, 1.807) is 10.7 Å². The number of rotatable bonds is 6. The number of allylic oxidation sites excluding steroid dienone is 1. The van der Waals surface area contributed by atoms with Gasteiger partial charge < -0.3 is 10.6 Å². The quantitative estimate of drug-likeness (QED) is 0.318. The highest BCUT2D eigenvalue weighted by molar-refractivity contribution is 7.92. The SMILES string of the molecule is CC(=O)Nc1ccc(S(=O)(=O)Nc2nc3n(n2)[C@H](c2ccccc2Cl)C=C(c2ccc(C)cc2)N3)cc1. The average Bonchev–Trinajstić information content (AvgIpc) is 3.26. The van der Waals surface area contributed by atoms with Gasteiger partial charge in [0.2, 0.25) is 11.9 Å². The highest BCUT2D eigenvalue weighted by atomic mass is 35.5. The summed E-state index contributed by atoms with van der Waals surface area (Å²) >= 11 is 6.53. The largest absolute Gasteiger partial charge is 0.326 e. The molecule has 1 aliphatic rings. The topological polar surface area (TPSA) is 118 Å². The number of benzene rings is 3. The molecule has 3 aromatic carbocycles. The number of sulfonamides is 1. The maximum atomic E-state index is 13.0. The first kappa shape index (κ1) is 24.5. The number of hydrogen-bond donors (Lipinski definition) is 3. The Labute approximate surface area is 219 Å². The zero-order valence-electron chi connectivity index (χ0n) is 19.9. The van der Waals surface area contributed by atoms with Crippen LogP contribution in [0.3, 0.4) is 0 Å². The molecule has 0 radical (unpaired) electrons. The number of amides is 1. The summed E-state index contributed by atoms with van der Waals surface area (Å²) in [6.45, 7) is 3.39. The summed E-state index contributed by atoms with van der Waals surface area (Å²) in [5, 5.41) is 10.9. The van der Waals surface area contributed by atoms with E-state index in [0.29, 0.717) is 16.7 Å². The molecule has 1 aliphatic heterocycles. The van der Waals surface area contributed by atoms with Crippen molar-refractivity contribution in [1.82, 2.24) is 14.8 Å². The van der Waals surface area contributed by atoms with Crippen LogP contribution >= 0.6 is 11.6 Å². The molecular formula is C26H23ClN6O3S. The van der Waals surface area contributed by atoms with Crippen LogP contribution in [-0.2, 0) is 14.8 Å². The summed E-state index contributed by atoms with van der Waals surface area (Å²) < 4.78 is 30.1. The number of aromatic nitrogens is 3. The van der Waals surface area contributed by atoms with Gasteiger partial charge in [-0.15, -0.1) is 5.10 Å². The van der Waals surface area contributed by atoms with Gasteiger partial charge in [-0.3, -0.25) is 4.79 Å². The molecule has 188 valence electrons. The van der Waals surface area contributed by atoms with Crippen molar-refractivity contribution >= 4 is 50.8 Å². The van der Waals surface area contributed by atoms with Crippen molar-refractivity contribution in [1.29, 1.82) is 0 Å². The van der Waals surface area contributed by atoms with Gasteiger partial charge in [0.1, 0.15) is 6.04 Å². The monoisotopic (exact) mass is 534 g/mol. The van der Waals surface area contributed by atoms with Crippen molar-refractivity contribution in [3.63, 3.8) is 0 Å². The predicted octanol–water partition coefficient (Wildman–Crippen LogP) is 5.06. The Morgan fingerprint density at radius 3 is 2.41 bits per heavy atom. The molecule has 0 aliphatic carbocycles. The van der Waals surface area contributed by atoms with Gasteiger partial charge in [0.05, 0.1) is 4.90 Å². The molecule has 0 spiro atoms. The third kappa shape index (κ3) is 5.20. The molecule has 0 fully saturated rings. The van der Waals surface area contributed by atoms with Crippen molar-refractivity contribution in [2.75, 3.05) is 15.4 Å². The Kier molecular flexibility index (Phi) is 6.45. The molecule has 37 heavy (non-hydrogen) atoms. The van der Waals surface area contributed by atoms with E-state index in [1.165, 1.54) is 31.2 Å². The standard InChI is InChI=1S/C26H23ClN6O3S/c1-16-7-9-18(10-8-16)23-15-24(21-5-3-4-6-22(21)27)33-26(29-23)30-25(31-33)32-37(35,36)20-13-11-19(12-14-20)28-17(2)34/h3-15,24H,1-2H3,(H,28,34)(H2,29,30,31,32)/t24-/m0/s1. The number of halogens is 1. The second kappa shape index (κ2) is 9.72. The van der Waals surface area contributed by atoms with Crippen LogP contribution in [0, 0.1) is 6.92 Å². The minimum atomic E-state index is -3.99. The van der Waals surface area contributed by atoms with Crippen LogP contribution in [0.5, 0.6) is 0 Å². The summed E-state index contributed by atoms with van der Waals surface area (Å²) in [6.07, 6.45) is 1.98. The highest BCUT2D eigenvalue weighted by Crippen LogP contribution is 2.36. The summed E-state index contributed by atoms with van der Waals surface area (Å²) in [7, 11) is -3.99. The van der Waals surface area contributed by atoms with Crippen molar-refractivity contribution in [3.8, 4) is 0 Å². The van der Waals surface area contributed by atoms with E-state index in [0.717, 1.165) is 22.4 Å². The first-order valence-electron chi connectivity index (χ1n) is 11.4. The first-order chi connectivity index (χ1) is 17.7. The Morgan fingerprint density at radius 2 is 1.73 bits per heavy atom. The highest BCUT2D eigenvalue weighted by Gasteiger charge is 2.28. The number of carbonyl (C=O) groups is 1. The number of carbonyl (C=O) groups excluding carboxylic acids is 1. The second-order valence-corrected chi connectivity index (χ2v) is 10.6. The number of fused-ring (bicyclic) bond motifs is 1. The van der Waals surface area contributed by atoms with Crippen LogP contribution in [0.4, 0.5) is 17.6 Å². The molecule has 2 heterocycles. The van der Waals surface area contributed by atoms with E-state index in [1.807, 2.05) is 55.5 Å². The van der Waals surface area contributed by atoms with E-state index >= 15 is 0 Å². The van der Waals surface area contributed by atoms with Gasteiger partial charge in [-0.2, -0.15) is 4.98 Å². The lowest BCUT2D eigenvalue weighted by atomic mass is 10.0. The Hall–Kier alpha value is -4.15. The molecule has 9 nitrogen and oxygen atoms in total. The van der Waals surface area contributed by atoms with E-state index in [9.17, 15) is 13.2 Å². The number of nitrogens with one attached hydrogen (secondary N) is 3. The molecular weight excluding hydrogens is 512 g/mol. The molecule has 1 aromatic heterocycles. The zero-order chi connectivity index (χ0) is 26.2. The van der Waals surface area contributed by atoms with Crippen LogP contribution in [0.15, 0.2) is 83.8 Å². The van der Waals surface area contributed by atoms with Gasteiger partial charge in [0.15, 0.2) is 0 Å². The first-order valence-corrected chi connectivity index (χ1v) is 13.2. The molecule has 0 unspecified atom stereocenters. The maximum Gasteiger partial charge on any atom is 0.264 e. The van der Waals surface area contributed by atoms with Gasteiger partial charge in [0.25, 0.3) is 16.0 Å². The van der Waals surface area contributed by atoms with Crippen molar-refractivity contribution in [2.24, 2.45) is 0 Å². The van der Waals surface area contributed by atoms with Gasteiger partial charge in [-0.25, -0.2) is 17.8 Å². The Balaban J connectivity index is 1.49. The Bertz CT molecular complexity index is 1610. The number of aryl methyl sites for hydroxylation is 1. The van der Waals surface area contributed by atoms with Crippen LogP contribution in [0.25, 0.3) is 5.70 Å². The summed E-state index contributed by atoms with van der Waals surface area (Å²) in [4.78, 5) is 15.7. The average molecular weight is 535 g/mol. The van der Waals surface area contributed by atoms with Crippen LogP contribution < -0.4 is 15.4 Å². The van der Waals surface area contributed by atoms with Crippen molar-refractivity contribution in [3.05, 3.63) is 101 Å². The van der Waals surface area contributed by atoms with Crippen LogP contribution in [0.2, 0.25) is 5.02 Å². The summed E-state index contributed by atoms with van der Waals surface area (Å²) in [5.74, 6) is 0.0199. The lowest BCUT2D eigenvalue weighted by molar-refractivity contribution is -0.114. The lowest BCUT2D eigenvalue weighted by Crippen LogP contribution is -2.20. The van der Waals surface area contributed by atoms with Gasteiger partial charge in [-0.1, -0.05) is 59.6 Å². The molecule has 0 bridgehead atoms. The van der Waals surface area contributed by atoms with Crippen LogP contribution in [-0.4, -0.2) is 29.1 Å². The normalized spacial score (nSPS) is 14.8. The fourth-order valence-corrected chi connectivity index (χ4v) is 5.16. The van der Waals surface area contributed by atoms with Gasteiger partial charge in [0, 0.05) is 23.3 Å². The third-order valence-electron chi connectivity index (χ3n) is 5.76. The van der Waals surface area contributed by atoms with Gasteiger partial charge in [-0.05, 0) is 54.5 Å². The molecule has 0 saturated heterocycles. The minimum absolute atomic E-state index is 0.00320. The molecule has 0 saturated carbocycles. The molecule has 5 rings (SSSR count). The van der Waals surface area contributed by atoms with E-state index in [-0.39, 0.29) is 16.8 Å². The van der Waals surface area contributed by atoms with E-state index in [2.05, 4.69) is 25.4 Å². The Morgan fingerprint density at radius 1 is 1.03 bits per heavy atom. The number of anilines is 3. The summed E-state index contributed by atoms with van der Waals surface area (Å²) in [5.41, 5.74) is 4.16. The zero-order valence-corrected chi connectivity index (χ0v) is 21.5. The number of hydrogen-bond acceptors (Lipinski definition) is 6. The maximum absolute atomic E-state index is 13.0. The third-order valence-corrected chi connectivity index (χ3v) is 7.45. The van der Waals surface area contributed by atoms with Crippen molar-refractivity contribution in [2.45, 2.75) is 24.8 Å². The lowest BCUT2D eigenvalue weighted by Gasteiger charge is -2.25. The molecule has 3 N–H and O–H groups in total. The fourth-order valence-electron chi connectivity index (χ4n) is 3.97. The van der Waals surface area contributed by atoms with Crippen LogP contribution in [0.1, 0.15) is 29.7 Å². The van der Waals surface area contributed by atoms with E-state index in [4.69, 9.17) is 11.6 Å². The van der Waals surface area contributed by atoms with Crippen molar-refractivity contribution < 1.29 is 13.2 Å². The molecule has 1 amide bonds. The van der Waals surface area contributed by atoms with Gasteiger partial charge >= 0.3 is 0 Å². The fraction of sp³-hybridized carbons (Fsp3) is 0.115. The van der Waals surface area contributed by atoms with E-state index < -0.39 is 16.1 Å².